The normalized spacial score (nSPS) is 10.5. The molecular formula is C21H21BrN4O2. The molecule has 0 radical (unpaired) electrons. The van der Waals surface area contributed by atoms with Gasteiger partial charge in [0.05, 0.1) is 5.69 Å². The molecule has 0 saturated heterocycles. The molecule has 0 aliphatic heterocycles. The van der Waals surface area contributed by atoms with Gasteiger partial charge in [0.25, 0.3) is 5.91 Å². The number of aryl methyl sites for hydroxylation is 2. The Morgan fingerprint density at radius 3 is 2.43 bits per heavy atom. The number of benzene rings is 2. The Morgan fingerprint density at radius 1 is 1.07 bits per heavy atom. The smallest absolute Gasteiger partial charge is 0.251 e. The van der Waals surface area contributed by atoms with Crippen LogP contribution in [0.4, 0.5) is 5.82 Å². The van der Waals surface area contributed by atoms with Crippen molar-refractivity contribution in [2.75, 3.05) is 11.9 Å². The maximum Gasteiger partial charge on any atom is 0.251 e. The number of aromatic nitrogens is 2. The van der Waals surface area contributed by atoms with E-state index in [1.165, 1.54) is 0 Å². The standard InChI is InChI=1S/C21H21BrN4O2/c1-14-19(15-8-10-17(22)11-9-15)20(26(2)25-14)24-18(27)12-13-23-21(28)16-6-4-3-5-7-16/h3-11H,12-13H2,1-2H3,(H,23,28)(H,24,27). The molecule has 1 heterocycles. The highest BCUT2D eigenvalue weighted by molar-refractivity contribution is 9.10. The molecule has 28 heavy (non-hydrogen) atoms. The van der Waals surface area contributed by atoms with Crippen molar-refractivity contribution in [3.05, 3.63) is 70.3 Å². The minimum atomic E-state index is -0.194. The van der Waals surface area contributed by atoms with E-state index in [0.717, 1.165) is 21.3 Å². The van der Waals surface area contributed by atoms with Gasteiger partial charge in [-0.2, -0.15) is 5.10 Å². The van der Waals surface area contributed by atoms with E-state index in [2.05, 4.69) is 31.7 Å². The summed E-state index contributed by atoms with van der Waals surface area (Å²) in [7, 11) is 1.79. The Bertz CT molecular complexity index is 982. The van der Waals surface area contributed by atoms with Crippen LogP contribution in [0.2, 0.25) is 0 Å². The summed E-state index contributed by atoms with van der Waals surface area (Å²) in [5.41, 5.74) is 3.26. The summed E-state index contributed by atoms with van der Waals surface area (Å²) in [6.07, 6.45) is 0.169. The van der Waals surface area contributed by atoms with Crippen LogP contribution in [0.5, 0.6) is 0 Å². The maximum atomic E-state index is 12.4. The Balaban J connectivity index is 1.64. The number of hydrogen-bond donors (Lipinski definition) is 2. The summed E-state index contributed by atoms with van der Waals surface area (Å²) in [6.45, 7) is 2.16. The summed E-state index contributed by atoms with van der Waals surface area (Å²) < 4.78 is 2.64. The van der Waals surface area contributed by atoms with Gasteiger partial charge in [-0.05, 0) is 36.8 Å². The Morgan fingerprint density at radius 2 is 1.75 bits per heavy atom. The Labute approximate surface area is 172 Å². The Hall–Kier alpha value is -2.93. The fourth-order valence-electron chi connectivity index (χ4n) is 2.94. The van der Waals surface area contributed by atoms with E-state index in [9.17, 15) is 9.59 Å². The van der Waals surface area contributed by atoms with Crippen LogP contribution in [0, 0.1) is 6.92 Å². The van der Waals surface area contributed by atoms with Crippen molar-refractivity contribution in [1.82, 2.24) is 15.1 Å². The number of carbonyl (C=O) groups excluding carboxylic acids is 2. The summed E-state index contributed by atoms with van der Waals surface area (Å²) >= 11 is 3.43. The number of rotatable bonds is 6. The molecular weight excluding hydrogens is 420 g/mol. The van der Waals surface area contributed by atoms with Gasteiger partial charge < -0.3 is 10.6 Å². The number of amides is 2. The molecule has 6 nitrogen and oxygen atoms in total. The SMILES string of the molecule is Cc1nn(C)c(NC(=O)CCNC(=O)c2ccccc2)c1-c1ccc(Br)cc1. The van der Waals surface area contributed by atoms with Gasteiger partial charge in [-0.25, -0.2) is 0 Å². The van der Waals surface area contributed by atoms with Crippen LogP contribution in [0.1, 0.15) is 22.5 Å². The largest absolute Gasteiger partial charge is 0.352 e. The van der Waals surface area contributed by atoms with Gasteiger partial charge in [-0.1, -0.05) is 46.3 Å². The first-order valence-electron chi connectivity index (χ1n) is 8.88. The topological polar surface area (TPSA) is 76.0 Å². The van der Waals surface area contributed by atoms with Crippen LogP contribution in [0.3, 0.4) is 0 Å². The molecule has 3 aromatic rings. The first kappa shape index (κ1) is 19.8. The van der Waals surface area contributed by atoms with Gasteiger partial charge >= 0.3 is 0 Å². The van der Waals surface area contributed by atoms with Gasteiger partial charge in [0.1, 0.15) is 5.82 Å². The number of halogens is 1. The van der Waals surface area contributed by atoms with Crippen molar-refractivity contribution in [2.45, 2.75) is 13.3 Å². The van der Waals surface area contributed by atoms with Crippen LogP contribution < -0.4 is 10.6 Å². The van der Waals surface area contributed by atoms with Crippen LogP contribution >= 0.6 is 15.9 Å². The maximum absolute atomic E-state index is 12.4. The monoisotopic (exact) mass is 440 g/mol. The number of nitrogens with one attached hydrogen (secondary N) is 2. The average molecular weight is 441 g/mol. The van der Waals surface area contributed by atoms with Crippen LogP contribution in [0.15, 0.2) is 59.1 Å². The van der Waals surface area contributed by atoms with Gasteiger partial charge in [0.2, 0.25) is 5.91 Å². The zero-order chi connectivity index (χ0) is 20.1. The zero-order valence-electron chi connectivity index (χ0n) is 15.7. The highest BCUT2D eigenvalue weighted by atomic mass is 79.9. The van der Waals surface area contributed by atoms with E-state index in [4.69, 9.17) is 0 Å². The fraction of sp³-hybridized carbons (Fsp3) is 0.190. The molecule has 7 heteroatoms. The second kappa shape index (κ2) is 8.84. The van der Waals surface area contributed by atoms with Gasteiger partial charge in [-0.15, -0.1) is 0 Å². The Kier molecular flexibility index (Phi) is 6.26. The van der Waals surface area contributed by atoms with Gasteiger partial charge in [0, 0.05) is 35.6 Å². The van der Waals surface area contributed by atoms with Crippen molar-refractivity contribution in [2.24, 2.45) is 7.05 Å². The predicted molar refractivity (Wildman–Crippen MR) is 113 cm³/mol. The predicted octanol–water partition coefficient (Wildman–Crippen LogP) is 3.92. The molecule has 0 bridgehead atoms. The molecule has 144 valence electrons. The molecule has 2 amide bonds. The van der Waals surface area contributed by atoms with Crippen LogP contribution in [-0.4, -0.2) is 28.1 Å². The van der Waals surface area contributed by atoms with Crippen molar-refractivity contribution >= 4 is 33.6 Å². The van der Waals surface area contributed by atoms with Crippen molar-refractivity contribution in [1.29, 1.82) is 0 Å². The lowest BCUT2D eigenvalue weighted by atomic mass is 10.1. The van der Waals surface area contributed by atoms with Crippen molar-refractivity contribution < 1.29 is 9.59 Å². The van der Waals surface area contributed by atoms with Crippen molar-refractivity contribution in [3.8, 4) is 11.1 Å². The third-order valence-electron chi connectivity index (χ3n) is 4.29. The quantitative estimate of drug-likeness (QED) is 0.609. The van der Waals surface area contributed by atoms with E-state index in [0.29, 0.717) is 11.4 Å². The van der Waals surface area contributed by atoms with Gasteiger partial charge in [-0.3, -0.25) is 14.3 Å². The molecule has 0 fully saturated rings. The van der Waals surface area contributed by atoms with E-state index in [1.54, 1.807) is 36.0 Å². The second-order valence-corrected chi connectivity index (χ2v) is 7.28. The molecule has 3 rings (SSSR count). The number of anilines is 1. The summed E-state index contributed by atoms with van der Waals surface area (Å²) in [5, 5.41) is 10.1. The molecule has 0 atom stereocenters. The lowest BCUT2D eigenvalue weighted by molar-refractivity contribution is -0.116. The van der Waals surface area contributed by atoms with Crippen molar-refractivity contribution in [3.63, 3.8) is 0 Å². The molecule has 2 aromatic carbocycles. The third-order valence-corrected chi connectivity index (χ3v) is 4.82. The van der Waals surface area contributed by atoms with E-state index in [-0.39, 0.29) is 24.8 Å². The van der Waals surface area contributed by atoms with Gasteiger partial charge in [0.15, 0.2) is 0 Å². The number of carbonyl (C=O) groups is 2. The number of nitrogens with zero attached hydrogens (tertiary/aromatic N) is 2. The lowest BCUT2D eigenvalue weighted by Gasteiger charge is -2.10. The third kappa shape index (κ3) is 4.67. The number of hydrogen-bond acceptors (Lipinski definition) is 3. The summed E-state index contributed by atoms with van der Waals surface area (Å²) in [5.74, 6) is 0.259. The fourth-order valence-corrected chi connectivity index (χ4v) is 3.20. The van der Waals surface area contributed by atoms with Crippen LogP contribution in [-0.2, 0) is 11.8 Å². The molecule has 0 aliphatic rings. The zero-order valence-corrected chi connectivity index (χ0v) is 17.3. The molecule has 0 saturated carbocycles. The molecule has 0 spiro atoms. The summed E-state index contributed by atoms with van der Waals surface area (Å²) in [6, 6.07) is 16.8. The minimum absolute atomic E-state index is 0.169. The highest BCUT2D eigenvalue weighted by Gasteiger charge is 2.17. The highest BCUT2D eigenvalue weighted by Crippen LogP contribution is 2.31. The summed E-state index contributed by atoms with van der Waals surface area (Å²) in [4.78, 5) is 24.5. The second-order valence-electron chi connectivity index (χ2n) is 6.36. The van der Waals surface area contributed by atoms with Crippen LogP contribution in [0.25, 0.3) is 11.1 Å². The van der Waals surface area contributed by atoms with E-state index < -0.39 is 0 Å². The first-order chi connectivity index (χ1) is 13.5. The first-order valence-corrected chi connectivity index (χ1v) is 9.67. The molecule has 1 aromatic heterocycles. The average Bonchev–Trinajstić information content (AvgIpc) is 2.96. The molecule has 0 aliphatic carbocycles. The van der Waals surface area contributed by atoms with E-state index >= 15 is 0 Å². The molecule has 2 N–H and O–H groups in total. The van der Waals surface area contributed by atoms with E-state index in [1.807, 2.05) is 37.3 Å². The lowest BCUT2D eigenvalue weighted by Crippen LogP contribution is -2.28. The minimum Gasteiger partial charge on any atom is -0.352 e. The molecule has 0 unspecified atom stereocenters.